The predicted octanol–water partition coefficient (Wildman–Crippen LogP) is 4.89. The zero-order valence-electron chi connectivity index (χ0n) is 16.7. The molecule has 0 bridgehead atoms. The minimum Gasteiger partial charge on any atom is -0.545 e. The molecule has 3 aromatic rings. The third-order valence-electron chi connectivity index (χ3n) is 2.46. The Kier molecular flexibility index (Phi) is 25.6. The predicted molar refractivity (Wildman–Crippen MR) is 136 cm³/mol. The van der Waals surface area contributed by atoms with Gasteiger partial charge < -0.3 is 19.8 Å². The Balaban J connectivity index is -0.000000338. The van der Waals surface area contributed by atoms with Crippen LogP contribution in [0.25, 0.3) is 0 Å². The summed E-state index contributed by atoms with van der Waals surface area (Å²) in [5.74, 6) is -3.42. The van der Waals surface area contributed by atoms with Gasteiger partial charge in [0.05, 0.1) is 11.9 Å². The first kappa shape index (κ1) is 36.8. The van der Waals surface area contributed by atoms with E-state index in [2.05, 4.69) is 0 Å². The van der Waals surface area contributed by atoms with Gasteiger partial charge in [0.25, 0.3) is 0 Å². The van der Waals surface area contributed by atoms with E-state index in [1.54, 1.807) is 0 Å². The summed E-state index contributed by atoms with van der Waals surface area (Å²) in [5.41, 5.74) is 0. The van der Waals surface area contributed by atoms with Gasteiger partial charge in [-0.25, -0.2) is 0 Å². The Morgan fingerprint density at radius 3 is 0.485 bits per heavy atom. The molecule has 3 aromatic carbocycles. The van der Waals surface area contributed by atoms with Gasteiger partial charge in [-0.05, 0) is 0 Å². The molecule has 0 spiro atoms. The molecule has 0 N–H and O–H groups in total. The second-order valence-corrected chi connectivity index (χ2v) is 9.60. The zero-order valence-corrected chi connectivity index (χ0v) is 24.8. The van der Waals surface area contributed by atoms with Crippen molar-refractivity contribution in [2.45, 2.75) is 7.59 Å². The molecule has 0 aromatic heterocycles. The van der Waals surface area contributed by atoms with Gasteiger partial charge in [0.1, 0.15) is 0 Å². The van der Waals surface area contributed by atoms with Gasteiger partial charge >= 0.3 is 26.2 Å². The van der Waals surface area contributed by atoms with Crippen LogP contribution in [0.2, 0.25) is 0 Å². The third-order valence-corrected chi connectivity index (χ3v) is 3.39. The second kappa shape index (κ2) is 23.0. The van der Waals surface area contributed by atoms with Crippen LogP contribution >= 0.6 is 69.6 Å². The van der Waals surface area contributed by atoms with Gasteiger partial charge in [0, 0.05) is 0 Å². The summed E-state index contributed by atoms with van der Waals surface area (Å²) >= 11 is 28.4. The number of halogens is 6. The standard InChI is InChI=1S/3C6H6.2C2HCl3O2.Bi/c3*1-2-4-6-5-3-1;2*3-2(4,5)1(6)7;/h3*1-6H;2*(H,6,7);/q;;;;;+2/p-2. The number of alkyl halides is 6. The van der Waals surface area contributed by atoms with Crippen molar-refractivity contribution in [3.8, 4) is 0 Å². The second-order valence-electron chi connectivity index (χ2n) is 5.03. The number of carboxylic acid groups (broad SMARTS) is 2. The van der Waals surface area contributed by atoms with Gasteiger partial charge in [-0.2, -0.15) is 0 Å². The Labute approximate surface area is 242 Å². The number of hydrogen-bond donors (Lipinski definition) is 0. The van der Waals surface area contributed by atoms with Crippen molar-refractivity contribution in [3.63, 3.8) is 0 Å². The molecule has 0 saturated carbocycles. The van der Waals surface area contributed by atoms with Crippen molar-refractivity contribution in [2.24, 2.45) is 0 Å². The average Bonchev–Trinajstić information content (AvgIpc) is 2.78. The quantitative estimate of drug-likeness (QED) is 0.241. The minimum atomic E-state index is -2.28. The van der Waals surface area contributed by atoms with E-state index in [9.17, 15) is 19.8 Å². The number of hydrogen-bond acceptors (Lipinski definition) is 4. The molecule has 11 heteroatoms. The summed E-state index contributed by atoms with van der Waals surface area (Å²) in [7, 11) is 0. The molecular formula is C22H18BiCl6O4. The number of carbonyl (C=O) groups is 2. The molecule has 4 nitrogen and oxygen atoms in total. The molecule has 0 atom stereocenters. The number of benzene rings is 3. The van der Waals surface area contributed by atoms with E-state index in [1.165, 1.54) is 0 Å². The number of carboxylic acids is 2. The Hall–Kier alpha value is -0.777. The first-order valence-corrected chi connectivity index (χ1v) is 10.7. The summed E-state index contributed by atoms with van der Waals surface area (Å²) in [6.45, 7) is 0. The van der Waals surface area contributed by atoms with Crippen LogP contribution < -0.4 is 10.2 Å². The van der Waals surface area contributed by atoms with Crippen molar-refractivity contribution in [3.05, 3.63) is 109 Å². The molecule has 0 amide bonds. The Morgan fingerprint density at radius 2 is 0.455 bits per heavy atom. The first-order chi connectivity index (χ1) is 14.9. The van der Waals surface area contributed by atoms with Crippen LogP contribution in [0, 0.1) is 0 Å². The number of aliphatic carboxylic acids is 2. The van der Waals surface area contributed by atoms with E-state index in [-0.39, 0.29) is 26.2 Å². The van der Waals surface area contributed by atoms with Crippen molar-refractivity contribution in [2.75, 3.05) is 0 Å². The van der Waals surface area contributed by atoms with Crippen molar-refractivity contribution in [1.82, 2.24) is 0 Å². The van der Waals surface area contributed by atoms with Gasteiger partial charge in [-0.1, -0.05) is 179 Å². The molecule has 0 saturated heterocycles. The van der Waals surface area contributed by atoms with Crippen LogP contribution in [0.4, 0.5) is 0 Å². The smallest absolute Gasteiger partial charge is 0.545 e. The molecule has 177 valence electrons. The molecule has 0 fully saturated rings. The van der Waals surface area contributed by atoms with Crippen LogP contribution in [-0.4, -0.2) is 45.7 Å². The first-order valence-electron chi connectivity index (χ1n) is 8.45. The van der Waals surface area contributed by atoms with Gasteiger partial charge in [-0.3, -0.25) is 0 Å². The third kappa shape index (κ3) is 31.2. The van der Waals surface area contributed by atoms with Crippen LogP contribution in [0.15, 0.2) is 109 Å². The van der Waals surface area contributed by atoms with Crippen LogP contribution in [0.5, 0.6) is 0 Å². The SMILES string of the molecule is O=C([O-])C(Cl)(Cl)Cl.O=C([O-])C(Cl)(Cl)Cl.[Bi+2].c1ccccc1.c1ccccc1.c1ccccc1. The average molecular weight is 768 g/mol. The van der Waals surface area contributed by atoms with E-state index >= 15 is 0 Å². The summed E-state index contributed by atoms with van der Waals surface area (Å²) in [4.78, 5) is 19.0. The maximum Gasteiger partial charge on any atom is 2.00 e. The van der Waals surface area contributed by atoms with E-state index in [0.29, 0.717) is 0 Å². The molecule has 3 rings (SSSR count). The maximum absolute atomic E-state index is 9.51. The summed E-state index contributed by atoms with van der Waals surface area (Å²) in [6, 6.07) is 36.0. The molecular weight excluding hydrogens is 750 g/mol. The molecule has 33 heavy (non-hydrogen) atoms. The van der Waals surface area contributed by atoms with Crippen molar-refractivity contribution in [1.29, 1.82) is 0 Å². The summed E-state index contributed by atoms with van der Waals surface area (Å²) in [6.07, 6.45) is 0. The van der Waals surface area contributed by atoms with Crippen LogP contribution in [-0.2, 0) is 9.59 Å². The van der Waals surface area contributed by atoms with E-state index < -0.39 is 19.5 Å². The fraction of sp³-hybridized carbons (Fsp3) is 0.0909. The monoisotopic (exact) mass is 765 g/mol. The molecule has 0 aliphatic carbocycles. The van der Waals surface area contributed by atoms with Gasteiger partial charge in [0.2, 0.25) is 7.59 Å². The molecule has 0 unspecified atom stereocenters. The van der Waals surface area contributed by atoms with E-state index in [1.807, 2.05) is 109 Å². The Morgan fingerprint density at radius 1 is 0.394 bits per heavy atom. The van der Waals surface area contributed by atoms with Crippen LogP contribution in [0.1, 0.15) is 0 Å². The Bertz CT molecular complexity index is 636. The minimum absolute atomic E-state index is 0. The van der Waals surface area contributed by atoms with E-state index in [0.717, 1.165) is 0 Å². The van der Waals surface area contributed by atoms with Crippen molar-refractivity contribution >= 4 is 108 Å². The normalized spacial score (nSPS) is 9.15. The fourth-order valence-electron chi connectivity index (χ4n) is 1.15. The van der Waals surface area contributed by atoms with Gasteiger partial charge in [0.15, 0.2) is 0 Å². The van der Waals surface area contributed by atoms with Crippen molar-refractivity contribution < 1.29 is 19.8 Å². The zero-order chi connectivity index (χ0) is 24.9. The number of carbonyl (C=O) groups excluding carboxylic acids is 2. The maximum atomic E-state index is 9.51. The van der Waals surface area contributed by atoms with Gasteiger partial charge in [-0.15, -0.1) is 0 Å². The molecule has 0 aliphatic heterocycles. The number of rotatable bonds is 0. The van der Waals surface area contributed by atoms with Crippen LogP contribution in [0.3, 0.4) is 0 Å². The molecule has 3 radical (unpaired) electrons. The largest absolute Gasteiger partial charge is 2.00 e. The molecule has 0 heterocycles. The summed E-state index contributed by atoms with van der Waals surface area (Å²) < 4.78 is -4.56. The molecule has 0 aliphatic rings. The summed E-state index contributed by atoms with van der Waals surface area (Å²) in [5, 5.41) is 19.0. The fourth-order valence-corrected chi connectivity index (χ4v) is 1.15. The topological polar surface area (TPSA) is 80.3 Å². The van der Waals surface area contributed by atoms with E-state index in [4.69, 9.17) is 69.6 Å².